The third-order valence-electron chi connectivity index (χ3n) is 12.0. The third-order valence-corrected chi connectivity index (χ3v) is 12.0. The summed E-state index contributed by atoms with van der Waals surface area (Å²) in [5.41, 5.74) is 14.7. The van der Waals surface area contributed by atoms with Crippen LogP contribution in [0.2, 0.25) is 0 Å². The Morgan fingerprint density at radius 1 is 0.231 bits per heavy atom. The second kappa shape index (κ2) is 11.0. The smallest absolute Gasteiger partial charge is 0.0622 e. The maximum absolute atomic E-state index is 2.40. The maximum atomic E-state index is 2.40. The van der Waals surface area contributed by atoms with Gasteiger partial charge in [-0.3, -0.25) is 0 Å². The van der Waals surface area contributed by atoms with E-state index in [0.717, 1.165) is 0 Å². The zero-order valence-corrected chi connectivity index (χ0v) is 28.6. The van der Waals surface area contributed by atoms with Gasteiger partial charge in [-0.1, -0.05) is 206 Å². The van der Waals surface area contributed by atoms with Crippen molar-refractivity contribution in [2.24, 2.45) is 0 Å². The number of fused-ring (bicyclic) bond motifs is 6. The van der Waals surface area contributed by atoms with E-state index in [-0.39, 0.29) is 0 Å². The molecular formula is C52H34. The van der Waals surface area contributed by atoms with Crippen molar-refractivity contribution in [3.8, 4) is 22.3 Å². The van der Waals surface area contributed by atoms with Crippen LogP contribution in [0, 0.1) is 0 Å². The molecule has 0 saturated heterocycles. The maximum Gasteiger partial charge on any atom is 0.0713 e. The second-order valence-electron chi connectivity index (χ2n) is 14.3. The highest BCUT2D eigenvalue weighted by molar-refractivity contribution is 6.26. The van der Waals surface area contributed by atoms with Crippen LogP contribution in [0.1, 0.15) is 44.5 Å². The van der Waals surface area contributed by atoms with Gasteiger partial charge in [0.15, 0.2) is 0 Å². The fourth-order valence-electron chi connectivity index (χ4n) is 10.2. The van der Waals surface area contributed by atoms with Gasteiger partial charge in [-0.2, -0.15) is 0 Å². The van der Waals surface area contributed by atoms with Crippen LogP contribution in [0.25, 0.3) is 43.8 Å². The Balaban J connectivity index is 1.40. The average Bonchev–Trinajstić information content (AvgIpc) is 3.23. The lowest BCUT2D eigenvalue weighted by molar-refractivity contribution is 0.747. The first-order valence-corrected chi connectivity index (χ1v) is 18.3. The molecule has 0 amide bonds. The fraction of sp³-hybridized carbons (Fsp3) is 0.0385. The Labute approximate surface area is 304 Å². The zero-order valence-electron chi connectivity index (χ0n) is 28.6. The van der Waals surface area contributed by atoms with Gasteiger partial charge in [0.25, 0.3) is 0 Å². The van der Waals surface area contributed by atoms with Crippen LogP contribution in [-0.2, 0) is 10.8 Å². The van der Waals surface area contributed by atoms with Crippen molar-refractivity contribution in [2.45, 2.75) is 10.8 Å². The Hall–Kier alpha value is -6.50. The van der Waals surface area contributed by atoms with Crippen molar-refractivity contribution in [1.29, 1.82) is 0 Å². The summed E-state index contributed by atoms with van der Waals surface area (Å²) in [6, 6.07) is 77.2. The van der Waals surface area contributed by atoms with Crippen molar-refractivity contribution in [3.63, 3.8) is 0 Å². The van der Waals surface area contributed by atoms with E-state index in [4.69, 9.17) is 0 Å². The Kier molecular flexibility index (Phi) is 6.19. The molecule has 0 atom stereocenters. The van der Waals surface area contributed by atoms with Gasteiger partial charge in [-0.15, -0.1) is 0 Å². The molecule has 2 aliphatic carbocycles. The minimum atomic E-state index is -0.504. The lowest BCUT2D eigenvalue weighted by atomic mass is 9.56. The standard InChI is InChI=1S/C52H34/c1-5-19-35(20-6-1)51(36-21-7-2-8-22-36)43-31-15-13-27-39(43)47-42-30-18-34-46-50(42)48(41-29-17-33-45(51)49(41)47)40-28-14-16-32-44(40)52(46,37-23-9-3-10-24-37)38-25-11-4-12-26-38/h1-34H. The Bertz CT molecular complexity index is 2540. The summed E-state index contributed by atoms with van der Waals surface area (Å²) >= 11 is 0. The van der Waals surface area contributed by atoms with Crippen LogP contribution in [0.15, 0.2) is 206 Å². The summed E-state index contributed by atoms with van der Waals surface area (Å²) in [6.45, 7) is 0. The highest BCUT2D eigenvalue weighted by Gasteiger charge is 2.48. The molecule has 0 heterocycles. The number of hydrogen-bond donors (Lipinski definition) is 0. The number of hydrogen-bond acceptors (Lipinski definition) is 0. The summed E-state index contributed by atoms with van der Waals surface area (Å²) in [7, 11) is 0. The summed E-state index contributed by atoms with van der Waals surface area (Å²) in [4.78, 5) is 0. The molecule has 0 saturated carbocycles. The quantitative estimate of drug-likeness (QED) is 0.165. The molecule has 0 spiro atoms. The number of rotatable bonds is 4. The molecule has 0 radical (unpaired) electrons. The van der Waals surface area contributed by atoms with Crippen molar-refractivity contribution in [2.75, 3.05) is 0 Å². The van der Waals surface area contributed by atoms with E-state index in [1.165, 1.54) is 88.3 Å². The van der Waals surface area contributed by atoms with E-state index in [1.54, 1.807) is 0 Å². The number of benzene rings is 9. The lowest BCUT2D eigenvalue weighted by Gasteiger charge is -2.45. The predicted octanol–water partition coefficient (Wildman–Crippen LogP) is 12.7. The molecule has 0 bridgehead atoms. The van der Waals surface area contributed by atoms with Crippen LogP contribution in [0.3, 0.4) is 0 Å². The van der Waals surface area contributed by atoms with Gasteiger partial charge < -0.3 is 0 Å². The molecule has 52 heavy (non-hydrogen) atoms. The van der Waals surface area contributed by atoms with Gasteiger partial charge in [-0.05, 0) is 88.3 Å². The van der Waals surface area contributed by atoms with E-state index in [0.29, 0.717) is 0 Å². The molecule has 0 nitrogen and oxygen atoms in total. The molecule has 11 rings (SSSR count). The van der Waals surface area contributed by atoms with Crippen LogP contribution < -0.4 is 0 Å². The molecule has 9 aromatic rings. The van der Waals surface area contributed by atoms with Crippen molar-refractivity contribution >= 4 is 21.5 Å². The van der Waals surface area contributed by atoms with Crippen LogP contribution in [0.4, 0.5) is 0 Å². The second-order valence-corrected chi connectivity index (χ2v) is 14.3. The molecule has 0 unspecified atom stereocenters. The van der Waals surface area contributed by atoms with Crippen LogP contribution >= 0.6 is 0 Å². The van der Waals surface area contributed by atoms with Gasteiger partial charge >= 0.3 is 0 Å². The predicted molar refractivity (Wildman–Crippen MR) is 216 cm³/mol. The van der Waals surface area contributed by atoms with Crippen LogP contribution in [0.5, 0.6) is 0 Å². The van der Waals surface area contributed by atoms with E-state index in [2.05, 4.69) is 206 Å². The summed E-state index contributed by atoms with van der Waals surface area (Å²) in [5.74, 6) is 0. The van der Waals surface area contributed by atoms with E-state index < -0.39 is 10.8 Å². The first kappa shape index (κ1) is 29.3. The third kappa shape index (κ3) is 3.61. The van der Waals surface area contributed by atoms with Gasteiger partial charge in [0.2, 0.25) is 0 Å². The normalized spacial score (nSPS) is 14.5. The van der Waals surface area contributed by atoms with E-state index >= 15 is 0 Å². The van der Waals surface area contributed by atoms with Crippen molar-refractivity contribution in [1.82, 2.24) is 0 Å². The summed E-state index contributed by atoms with van der Waals surface area (Å²) in [6.07, 6.45) is 0. The van der Waals surface area contributed by atoms with Gasteiger partial charge in [0.05, 0.1) is 10.8 Å². The first-order chi connectivity index (χ1) is 25.8. The van der Waals surface area contributed by atoms with Gasteiger partial charge in [-0.25, -0.2) is 0 Å². The topological polar surface area (TPSA) is 0 Å². The van der Waals surface area contributed by atoms with Crippen LogP contribution in [-0.4, -0.2) is 0 Å². The van der Waals surface area contributed by atoms with E-state index in [9.17, 15) is 0 Å². The minimum absolute atomic E-state index is 0.504. The van der Waals surface area contributed by atoms with Crippen molar-refractivity contribution in [3.05, 3.63) is 251 Å². The lowest BCUT2D eigenvalue weighted by Crippen LogP contribution is -2.35. The highest BCUT2D eigenvalue weighted by atomic mass is 14.5. The largest absolute Gasteiger partial charge is 0.0713 e. The first-order valence-electron chi connectivity index (χ1n) is 18.3. The fourth-order valence-corrected chi connectivity index (χ4v) is 10.2. The average molecular weight is 659 g/mol. The molecule has 9 aromatic carbocycles. The molecule has 2 aliphatic rings. The van der Waals surface area contributed by atoms with Crippen molar-refractivity contribution < 1.29 is 0 Å². The summed E-state index contributed by atoms with van der Waals surface area (Å²) in [5, 5.41) is 5.30. The molecule has 242 valence electrons. The monoisotopic (exact) mass is 658 g/mol. The highest BCUT2D eigenvalue weighted by Crippen LogP contribution is 2.62. The molecule has 0 aliphatic heterocycles. The zero-order chi connectivity index (χ0) is 34.3. The molecule has 0 fully saturated rings. The van der Waals surface area contributed by atoms with E-state index in [1.807, 2.05) is 0 Å². The Morgan fingerprint density at radius 2 is 0.519 bits per heavy atom. The van der Waals surface area contributed by atoms with Gasteiger partial charge in [0.1, 0.15) is 0 Å². The SMILES string of the molecule is c1ccc(C2(c3ccccc3)c3ccccc3-c3c4cccc5c4c(c4cccc2c34)-c2ccccc2C5(c2ccccc2)c2ccccc2)cc1. The summed E-state index contributed by atoms with van der Waals surface area (Å²) < 4.78 is 0. The Morgan fingerprint density at radius 3 is 0.865 bits per heavy atom. The minimum Gasteiger partial charge on any atom is -0.0622 e. The molecule has 0 N–H and O–H groups in total. The molecule has 0 aromatic heterocycles. The van der Waals surface area contributed by atoms with Gasteiger partial charge in [0, 0.05) is 0 Å². The molecular weight excluding hydrogens is 625 g/mol. The molecule has 0 heteroatoms.